The lowest BCUT2D eigenvalue weighted by molar-refractivity contribution is 0.273. The molecule has 1 unspecified atom stereocenters. The van der Waals surface area contributed by atoms with Crippen molar-refractivity contribution in [3.63, 3.8) is 0 Å². The lowest BCUT2D eigenvalue weighted by atomic mass is 9.72. The molecule has 3 heteroatoms. The van der Waals surface area contributed by atoms with Crippen molar-refractivity contribution in [2.75, 3.05) is 0 Å². The summed E-state index contributed by atoms with van der Waals surface area (Å²) in [6.07, 6.45) is 15.9. The summed E-state index contributed by atoms with van der Waals surface area (Å²) in [6.45, 7) is 22.0. The molecule has 30 heavy (non-hydrogen) atoms. The van der Waals surface area contributed by atoms with Gasteiger partial charge < -0.3 is 4.43 Å². The standard InChI is InChI=1S/C27H43NOSi/c1-21(16-17-25-23(3)15-12-18-27(25,7)8)13-11-14-22(2)19-24(20-28)29-30(9,10)26(4,5)6/h11,13-14,16-17,19,24H,12,15,18H2,1-10H3. The highest BCUT2D eigenvalue weighted by molar-refractivity contribution is 6.74. The van der Waals surface area contributed by atoms with Gasteiger partial charge in [0.15, 0.2) is 14.4 Å². The Morgan fingerprint density at radius 1 is 1.17 bits per heavy atom. The van der Waals surface area contributed by atoms with Crippen molar-refractivity contribution >= 4 is 8.32 Å². The first-order valence-corrected chi connectivity index (χ1v) is 14.1. The predicted octanol–water partition coefficient (Wildman–Crippen LogP) is 8.43. The van der Waals surface area contributed by atoms with Gasteiger partial charge in [0.2, 0.25) is 0 Å². The summed E-state index contributed by atoms with van der Waals surface area (Å²) in [6, 6.07) is 2.30. The Labute approximate surface area is 187 Å². The molecular formula is C27H43NOSi. The molecule has 0 amide bonds. The Kier molecular flexibility index (Phi) is 9.33. The fourth-order valence-electron chi connectivity index (χ4n) is 3.52. The molecule has 0 N–H and O–H groups in total. The van der Waals surface area contributed by atoms with Crippen LogP contribution in [0.4, 0.5) is 0 Å². The topological polar surface area (TPSA) is 33.0 Å². The second-order valence-corrected chi connectivity index (χ2v) is 15.6. The van der Waals surface area contributed by atoms with Crippen molar-refractivity contribution in [3.8, 4) is 6.07 Å². The highest BCUT2D eigenvalue weighted by atomic mass is 28.4. The van der Waals surface area contributed by atoms with E-state index in [1.54, 1.807) is 0 Å². The molecule has 2 nitrogen and oxygen atoms in total. The molecule has 0 bridgehead atoms. The van der Waals surface area contributed by atoms with Gasteiger partial charge in [-0.05, 0) is 75.2 Å². The quantitative estimate of drug-likeness (QED) is 0.303. The SMILES string of the molecule is CC(C=CC1=C(C)CCCC1(C)C)=CC=CC(C)=CC(C#N)O[Si](C)(C)C(C)(C)C. The number of allylic oxidation sites excluding steroid dienone is 9. The molecule has 0 aromatic heterocycles. The van der Waals surface area contributed by atoms with Gasteiger partial charge in [-0.2, -0.15) is 5.26 Å². The minimum atomic E-state index is -1.97. The minimum Gasteiger partial charge on any atom is -0.398 e. The molecule has 0 fully saturated rings. The van der Waals surface area contributed by atoms with Crippen molar-refractivity contribution in [2.45, 2.75) is 98.9 Å². The predicted molar refractivity (Wildman–Crippen MR) is 134 cm³/mol. The van der Waals surface area contributed by atoms with E-state index in [9.17, 15) is 5.26 Å². The van der Waals surface area contributed by atoms with Crippen LogP contribution in [0.15, 0.2) is 58.7 Å². The molecule has 0 aromatic carbocycles. The summed E-state index contributed by atoms with van der Waals surface area (Å²) < 4.78 is 6.22. The van der Waals surface area contributed by atoms with E-state index in [1.807, 2.05) is 19.1 Å². The third-order valence-corrected chi connectivity index (χ3v) is 11.0. The summed E-state index contributed by atoms with van der Waals surface area (Å²) in [7, 11) is -1.97. The fourth-order valence-corrected chi connectivity index (χ4v) is 4.63. The molecule has 0 saturated carbocycles. The van der Waals surface area contributed by atoms with Crippen molar-refractivity contribution in [2.24, 2.45) is 5.41 Å². The third-order valence-electron chi connectivity index (χ3n) is 6.54. The monoisotopic (exact) mass is 425 g/mol. The maximum absolute atomic E-state index is 9.53. The van der Waals surface area contributed by atoms with Crippen LogP contribution in [0.1, 0.15) is 74.7 Å². The highest BCUT2D eigenvalue weighted by Crippen LogP contribution is 2.41. The Bertz CT molecular complexity index is 792. The Morgan fingerprint density at radius 3 is 2.33 bits per heavy atom. The van der Waals surface area contributed by atoms with Crippen molar-refractivity contribution in [1.29, 1.82) is 5.26 Å². The molecular weight excluding hydrogens is 382 g/mol. The largest absolute Gasteiger partial charge is 0.398 e. The normalized spacial score (nSPS) is 20.2. The smallest absolute Gasteiger partial charge is 0.194 e. The van der Waals surface area contributed by atoms with E-state index in [2.05, 4.69) is 91.9 Å². The van der Waals surface area contributed by atoms with Gasteiger partial charge in [-0.25, -0.2) is 0 Å². The molecule has 0 spiro atoms. The zero-order valence-electron chi connectivity index (χ0n) is 21.0. The fraction of sp³-hybridized carbons (Fsp3) is 0.593. The van der Waals surface area contributed by atoms with Crippen LogP contribution in [-0.4, -0.2) is 14.4 Å². The van der Waals surface area contributed by atoms with Crippen LogP contribution in [0.5, 0.6) is 0 Å². The van der Waals surface area contributed by atoms with E-state index in [4.69, 9.17) is 4.43 Å². The average molecular weight is 426 g/mol. The first kappa shape index (κ1) is 26.4. The summed E-state index contributed by atoms with van der Waals surface area (Å²) in [5.74, 6) is 0. The van der Waals surface area contributed by atoms with Gasteiger partial charge in [-0.1, -0.05) is 81.7 Å². The Hall–Kier alpha value is -1.63. The molecule has 1 aliphatic rings. The molecule has 166 valence electrons. The Morgan fingerprint density at radius 2 is 1.80 bits per heavy atom. The van der Waals surface area contributed by atoms with Gasteiger partial charge in [0.05, 0.1) is 6.07 Å². The van der Waals surface area contributed by atoms with Gasteiger partial charge in [0.1, 0.15) is 0 Å². The van der Waals surface area contributed by atoms with Crippen molar-refractivity contribution in [3.05, 3.63) is 58.7 Å². The summed E-state index contributed by atoms with van der Waals surface area (Å²) in [5.41, 5.74) is 5.54. The Balaban J connectivity index is 2.83. The molecule has 1 atom stereocenters. The number of nitriles is 1. The van der Waals surface area contributed by atoms with Crippen LogP contribution in [0.25, 0.3) is 0 Å². The zero-order chi connectivity index (χ0) is 23.2. The van der Waals surface area contributed by atoms with Crippen LogP contribution in [0.2, 0.25) is 18.1 Å². The lowest BCUT2D eigenvalue weighted by Crippen LogP contribution is -2.43. The third kappa shape index (κ3) is 7.89. The summed E-state index contributed by atoms with van der Waals surface area (Å²) in [4.78, 5) is 0. The van der Waals surface area contributed by atoms with E-state index < -0.39 is 14.4 Å². The van der Waals surface area contributed by atoms with Crippen LogP contribution < -0.4 is 0 Å². The zero-order valence-corrected chi connectivity index (χ0v) is 22.0. The summed E-state index contributed by atoms with van der Waals surface area (Å²) in [5, 5.41) is 9.62. The van der Waals surface area contributed by atoms with E-state index in [1.165, 1.54) is 36.0 Å². The van der Waals surface area contributed by atoms with Gasteiger partial charge in [-0.15, -0.1) is 0 Å². The molecule has 0 aromatic rings. The van der Waals surface area contributed by atoms with Crippen LogP contribution in [0.3, 0.4) is 0 Å². The number of hydrogen-bond donors (Lipinski definition) is 0. The van der Waals surface area contributed by atoms with Crippen molar-refractivity contribution in [1.82, 2.24) is 0 Å². The van der Waals surface area contributed by atoms with Gasteiger partial charge in [0.25, 0.3) is 0 Å². The van der Waals surface area contributed by atoms with Crippen LogP contribution >= 0.6 is 0 Å². The maximum Gasteiger partial charge on any atom is 0.194 e. The van der Waals surface area contributed by atoms with E-state index in [-0.39, 0.29) is 10.5 Å². The number of rotatable bonds is 7. The summed E-state index contributed by atoms with van der Waals surface area (Å²) >= 11 is 0. The second-order valence-electron chi connectivity index (χ2n) is 10.9. The van der Waals surface area contributed by atoms with Crippen LogP contribution in [-0.2, 0) is 4.43 Å². The first-order chi connectivity index (χ1) is 13.7. The molecule has 1 aliphatic carbocycles. The molecule has 0 heterocycles. The van der Waals surface area contributed by atoms with Gasteiger partial charge in [0, 0.05) is 0 Å². The number of nitrogens with zero attached hydrogens (tertiary/aromatic N) is 1. The van der Waals surface area contributed by atoms with E-state index >= 15 is 0 Å². The lowest BCUT2D eigenvalue weighted by Gasteiger charge is -2.37. The average Bonchev–Trinajstić information content (AvgIpc) is 2.58. The highest BCUT2D eigenvalue weighted by Gasteiger charge is 2.38. The van der Waals surface area contributed by atoms with E-state index in [0.29, 0.717) is 0 Å². The maximum atomic E-state index is 9.53. The van der Waals surface area contributed by atoms with Gasteiger partial charge in [-0.3, -0.25) is 0 Å². The molecule has 1 rings (SSSR count). The molecule has 0 saturated heterocycles. The van der Waals surface area contributed by atoms with Crippen LogP contribution in [0, 0.1) is 16.7 Å². The number of hydrogen-bond acceptors (Lipinski definition) is 2. The van der Waals surface area contributed by atoms with E-state index in [0.717, 1.165) is 5.57 Å². The molecule has 0 aliphatic heterocycles. The first-order valence-electron chi connectivity index (χ1n) is 11.2. The second kappa shape index (κ2) is 10.6. The molecule has 0 radical (unpaired) electrons. The van der Waals surface area contributed by atoms with Gasteiger partial charge >= 0.3 is 0 Å². The minimum absolute atomic E-state index is 0.0898. The van der Waals surface area contributed by atoms with Crippen molar-refractivity contribution < 1.29 is 4.43 Å².